The van der Waals surface area contributed by atoms with E-state index in [9.17, 15) is 21.6 Å². The van der Waals surface area contributed by atoms with Gasteiger partial charge in [0.1, 0.15) is 16.4 Å². The minimum Gasteiger partial charge on any atom is -0.497 e. The van der Waals surface area contributed by atoms with Gasteiger partial charge in [-0.2, -0.15) is 13.2 Å². The van der Waals surface area contributed by atoms with Gasteiger partial charge in [-0.25, -0.2) is 13.1 Å². The van der Waals surface area contributed by atoms with Gasteiger partial charge >= 0.3 is 6.18 Å². The van der Waals surface area contributed by atoms with Crippen molar-refractivity contribution in [1.82, 2.24) is 4.72 Å². The van der Waals surface area contributed by atoms with Crippen LogP contribution in [0.4, 0.5) is 13.2 Å². The van der Waals surface area contributed by atoms with Crippen molar-refractivity contribution in [3.63, 3.8) is 0 Å². The molecule has 0 aliphatic carbocycles. The molecule has 136 valence electrons. The van der Waals surface area contributed by atoms with Crippen molar-refractivity contribution >= 4 is 10.0 Å². The Morgan fingerprint density at radius 2 is 1.64 bits per heavy atom. The molecule has 9 heteroatoms. The first-order valence-electron chi connectivity index (χ1n) is 7.05. The summed E-state index contributed by atoms with van der Waals surface area (Å²) >= 11 is 0. The molecule has 0 bridgehead atoms. The van der Waals surface area contributed by atoms with Crippen LogP contribution in [0.25, 0.3) is 0 Å². The Morgan fingerprint density at radius 1 is 1.00 bits per heavy atom. The predicted molar refractivity (Wildman–Crippen MR) is 85.0 cm³/mol. The first kappa shape index (κ1) is 19.1. The highest BCUT2D eigenvalue weighted by molar-refractivity contribution is 7.89. The fourth-order valence-electron chi connectivity index (χ4n) is 2.06. The Kier molecular flexibility index (Phi) is 5.58. The van der Waals surface area contributed by atoms with Gasteiger partial charge in [-0.3, -0.25) is 0 Å². The Hall–Kier alpha value is -2.26. The molecule has 1 N–H and O–H groups in total. The highest BCUT2D eigenvalue weighted by Gasteiger charge is 2.30. The SMILES string of the molecule is COc1ccc(OC)c(S(=O)(=O)NCc2ccc(C(F)(F)F)cc2)c1. The van der Waals surface area contributed by atoms with Gasteiger partial charge in [0.05, 0.1) is 19.8 Å². The van der Waals surface area contributed by atoms with Crippen molar-refractivity contribution in [2.24, 2.45) is 0 Å². The van der Waals surface area contributed by atoms with Gasteiger partial charge in [0.2, 0.25) is 10.0 Å². The molecule has 0 atom stereocenters. The molecule has 0 spiro atoms. The van der Waals surface area contributed by atoms with Crippen LogP contribution in [-0.4, -0.2) is 22.6 Å². The van der Waals surface area contributed by atoms with Gasteiger partial charge in [-0.05, 0) is 29.8 Å². The molecule has 0 amide bonds. The molecule has 0 heterocycles. The molecule has 0 saturated carbocycles. The summed E-state index contributed by atoms with van der Waals surface area (Å²) in [4.78, 5) is -0.124. The molecule has 25 heavy (non-hydrogen) atoms. The lowest BCUT2D eigenvalue weighted by molar-refractivity contribution is -0.137. The van der Waals surface area contributed by atoms with Crippen molar-refractivity contribution in [3.8, 4) is 11.5 Å². The molecule has 0 unspecified atom stereocenters. The summed E-state index contributed by atoms with van der Waals surface area (Å²) in [5, 5.41) is 0. The van der Waals surface area contributed by atoms with Crippen LogP contribution in [0.2, 0.25) is 0 Å². The topological polar surface area (TPSA) is 64.6 Å². The molecular formula is C16H16F3NO4S. The molecule has 0 radical (unpaired) electrons. The Balaban J connectivity index is 2.19. The highest BCUT2D eigenvalue weighted by Crippen LogP contribution is 2.30. The second-order valence-electron chi connectivity index (χ2n) is 5.04. The van der Waals surface area contributed by atoms with E-state index >= 15 is 0 Å². The predicted octanol–water partition coefficient (Wildman–Crippen LogP) is 3.20. The smallest absolute Gasteiger partial charge is 0.416 e. The minimum absolute atomic E-state index is 0.124. The van der Waals surface area contributed by atoms with Gasteiger partial charge in [-0.15, -0.1) is 0 Å². The van der Waals surface area contributed by atoms with E-state index in [2.05, 4.69) is 4.72 Å². The number of rotatable bonds is 6. The van der Waals surface area contributed by atoms with E-state index in [-0.39, 0.29) is 17.2 Å². The molecule has 0 saturated heterocycles. The highest BCUT2D eigenvalue weighted by atomic mass is 32.2. The third kappa shape index (κ3) is 4.64. The first-order chi connectivity index (χ1) is 11.7. The number of sulfonamides is 1. The number of alkyl halides is 3. The summed E-state index contributed by atoms with van der Waals surface area (Å²) in [6.45, 7) is -0.166. The van der Waals surface area contributed by atoms with Crippen molar-refractivity contribution < 1.29 is 31.1 Å². The molecular weight excluding hydrogens is 359 g/mol. The van der Waals surface area contributed by atoms with E-state index in [1.54, 1.807) is 6.07 Å². The molecule has 5 nitrogen and oxygen atoms in total. The molecule has 2 aromatic rings. The summed E-state index contributed by atoms with van der Waals surface area (Å²) in [6.07, 6.45) is -4.44. The maximum absolute atomic E-state index is 12.5. The van der Waals surface area contributed by atoms with E-state index in [1.165, 1.54) is 38.5 Å². The van der Waals surface area contributed by atoms with Crippen LogP contribution >= 0.6 is 0 Å². The molecule has 2 rings (SSSR count). The fraction of sp³-hybridized carbons (Fsp3) is 0.250. The average molecular weight is 375 g/mol. The molecule has 2 aromatic carbocycles. The summed E-state index contributed by atoms with van der Waals surface area (Å²) in [6, 6.07) is 8.53. The van der Waals surface area contributed by atoms with E-state index in [0.717, 1.165) is 12.1 Å². The maximum Gasteiger partial charge on any atom is 0.416 e. The van der Waals surface area contributed by atoms with Crippen molar-refractivity contribution in [1.29, 1.82) is 0 Å². The van der Waals surface area contributed by atoms with Crippen LogP contribution in [0.15, 0.2) is 47.4 Å². The number of benzene rings is 2. The zero-order valence-corrected chi connectivity index (χ0v) is 14.2. The second kappa shape index (κ2) is 7.32. The molecule has 0 aliphatic rings. The van der Waals surface area contributed by atoms with Gasteiger partial charge < -0.3 is 9.47 Å². The van der Waals surface area contributed by atoms with Crippen LogP contribution in [0.5, 0.6) is 11.5 Å². The molecule has 0 aliphatic heterocycles. The van der Waals surface area contributed by atoms with Gasteiger partial charge in [0.25, 0.3) is 0 Å². The first-order valence-corrected chi connectivity index (χ1v) is 8.53. The third-order valence-corrected chi connectivity index (χ3v) is 4.83. The lowest BCUT2D eigenvalue weighted by Gasteiger charge is -2.12. The number of methoxy groups -OCH3 is 2. The average Bonchev–Trinajstić information content (AvgIpc) is 2.59. The summed E-state index contributed by atoms with van der Waals surface area (Å²) in [7, 11) is -1.22. The lowest BCUT2D eigenvalue weighted by atomic mass is 10.1. The third-order valence-electron chi connectivity index (χ3n) is 3.41. The monoisotopic (exact) mass is 375 g/mol. The minimum atomic E-state index is -4.44. The van der Waals surface area contributed by atoms with E-state index < -0.39 is 21.8 Å². The largest absolute Gasteiger partial charge is 0.497 e. The van der Waals surface area contributed by atoms with Crippen LogP contribution in [-0.2, 0) is 22.7 Å². The quantitative estimate of drug-likeness (QED) is 0.842. The zero-order valence-electron chi connectivity index (χ0n) is 13.4. The van der Waals surface area contributed by atoms with Gasteiger partial charge in [-0.1, -0.05) is 12.1 Å². The van der Waals surface area contributed by atoms with Crippen molar-refractivity contribution in [2.75, 3.05) is 14.2 Å². The number of nitrogens with one attached hydrogen (secondary N) is 1. The van der Waals surface area contributed by atoms with Gasteiger partial charge in [0.15, 0.2) is 0 Å². The Bertz CT molecular complexity index is 833. The Labute approximate surface area is 143 Å². The number of halogens is 3. The van der Waals surface area contributed by atoms with Gasteiger partial charge in [0, 0.05) is 12.6 Å². The molecule has 0 fully saturated rings. The number of hydrogen-bond donors (Lipinski definition) is 1. The zero-order chi connectivity index (χ0) is 18.7. The number of hydrogen-bond acceptors (Lipinski definition) is 4. The Morgan fingerprint density at radius 3 is 2.16 bits per heavy atom. The standard InChI is InChI=1S/C16H16F3NO4S/c1-23-13-7-8-14(24-2)15(9-13)25(21,22)20-10-11-3-5-12(6-4-11)16(17,18)19/h3-9,20H,10H2,1-2H3. The lowest BCUT2D eigenvalue weighted by Crippen LogP contribution is -2.24. The van der Waals surface area contributed by atoms with E-state index in [0.29, 0.717) is 11.3 Å². The van der Waals surface area contributed by atoms with Crippen molar-refractivity contribution in [3.05, 3.63) is 53.6 Å². The van der Waals surface area contributed by atoms with Crippen molar-refractivity contribution in [2.45, 2.75) is 17.6 Å². The summed E-state index contributed by atoms with van der Waals surface area (Å²) in [5.41, 5.74) is -0.410. The normalized spacial score (nSPS) is 12.0. The number of ether oxygens (including phenoxy) is 2. The van der Waals surface area contributed by atoms with E-state index in [4.69, 9.17) is 9.47 Å². The second-order valence-corrected chi connectivity index (χ2v) is 6.77. The van der Waals surface area contributed by atoms with Crippen LogP contribution in [0.1, 0.15) is 11.1 Å². The summed E-state index contributed by atoms with van der Waals surface area (Å²) in [5.74, 6) is 0.455. The van der Waals surface area contributed by atoms with Crippen LogP contribution in [0, 0.1) is 0 Å². The maximum atomic E-state index is 12.5. The summed E-state index contributed by atoms with van der Waals surface area (Å²) < 4.78 is 74.9. The molecule has 0 aromatic heterocycles. The van der Waals surface area contributed by atoms with Crippen LogP contribution in [0.3, 0.4) is 0 Å². The van der Waals surface area contributed by atoms with Crippen LogP contribution < -0.4 is 14.2 Å². The van der Waals surface area contributed by atoms with E-state index in [1.807, 2.05) is 0 Å². The fourth-order valence-corrected chi connectivity index (χ4v) is 3.26.